The summed E-state index contributed by atoms with van der Waals surface area (Å²) in [5, 5.41) is 6.32. The molecule has 0 radical (unpaired) electrons. The van der Waals surface area contributed by atoms with Crippen LogP contribution in [-0.2, 0) is 19.1 Å². The molecule has 0 spiro atoms. The summed E-state index contributed by atoms with van der Waals surface area (Å²) < 4.78 is 10.2. The van der Waals surface area contributed by atoms with E-state index in [1.54, 1.807) is 4.90 Å². The average molecular weight is 299 g/mol. The van der Waals surface area contributed by atoms with Crippen LogP contribution in [0.25, 0.3) is 0 Å². The van der Waals surface area contributed by atoms with Gasteiger partial charge in [0, 0.05) is 45.2 Å². The Hall–Kier alpha value is -1.18. The molecule has 0 aromatic rings. The third-order valence-electron chi connectivity index (χ3n) is 3.91. The van der Waals surface area contributed by atoms with Gasteiger partial charge in [-0.15, -0.1) is 0 Å². The molecular weight excluding hydrogens is 274 g/mol. The predicted octanol–water partition coefficient (Wildman–Crippen LogP) is -0.881. The first-order chi connectivity index (χ1) is 10.2. The van der Waals surface area contributed by atoms with Crippen molar-refractivity contribution in [1.29, 1.82) is 0 Å². The lowest BCUT2D eigenvalue weighted by atomic mass is 10.0. The smallest absolute Gasteiger partial charge is 0.248 e. The summed E-state index contributed by atoms with van der Waals surface area (Å²) in [4.78, 5) is 25.5. The predicted molar refractivity (Wildman–Crippen MR) is 76.8 cm³/mol. The Kier molecular flexibility index (Phi) is 6.41. The van der Waals surface area contributed by atoms with Gasteiger partial charge in [0.1, 0.15) is 6.61 Å². The van der Waals surface area contributed by atoms with Crippen LogP contribution in [0.1, 0.15) is 19.3 Å². The number of piperidine rings is 1. The molecule has 21 heavy (non-hydrogen) atoms. The van der Waals surface area contributed by atoms with E-state index in [2.05, 4.69) is 10.6 Å². The number of nitrogens with one attached hydrogen (secondary N) is 2. The molecule has 2 aliphatic rings. The van der Waals surface area contributed by atoms with Crippen LogP contribution in [0.4, 0.5) is 0 Å². The van der Waals surface area contributed by atoms with Crippen molar-refractivity contribution in [2.75, 3.05) is 46.6 Å². The number of amides is 2. The first-order valence-electron chi connectivity index (χ1n) is 7.56. The van der Waals surface area contributed by atoms with E-state index in [-0.39, 0.29) is 30.5 Å². The van der Waals surface area contributed by atoms with Gasteiger partial charge in [0.05, 0.1) is 13.2 Å². The van der Waals surface area contributed by atoms with E-state index in [1.807, 2.05) is 0 Å². The molecule has 2 saturated heterocycles. The van der Waals surface area contributed by atoms with E-state index in [9.17, 15) is 9.59 Å². The van der Waals surface area contributed by atoms with E-state index < -0.39 is 0 Å². The Bertz CT molecular complexity index is 350. The third-order valence-corrected chi connectivity index (χ3v) is 3.91. The van der Waals surface area contributed by atoms with Crippen LogP contribution >= 0.6 is 0 Å². The second-order valence-corrected chi connectivity index (χ2v) is 5.59. The standard InChI is InChI=1S/C14H25N3O4/c1-20-10-14(19)17-5-2-11(3-6-17)16-13(18)8-12-9-21-7-4-15-12/h11-12,15H,2-10H2,1H3,(H,16,18). The normalized spacial score (nSPS) is 23.9. The molecule has 7 nitrogen and oxygen atoms in total. The Morgan fingerprint density at radius 1 is 1.38 bits per heavy atom. The summed E-state index contributed by atoms with van der Waals surface area (Å²) in [5.41, 5.74) is 0. The van der Waals surface area contributed by atoms with E-state index >= 15 is 0 Å². The highest BCUT2D eigenvalue weighted by molar-refractivity contribution is 5.78. The molecule has 0 aliphatic carbocycles. The van der Waals surface area contributed by atoms with Crippen LogP contribution in [0.15, 0.2) is 0 Å². The maximum atomic E-state index is 12.0. The van der Waals surface area contributed by atoms with Gasteiger partial charge in [-0.2, -0.15) is 0 Å². The van der Waals surface area contributed by atoms with Gasteiger partial charge in [-0.1, -0.05) is 0 Å². The first kappa shape index (κ1) is 16.2. The molecule has 1 atom stereocenters. The lowest BCUT2D eigenvalue weighted by Crippen LogP contribution is -2.49. The van der Waals surface area contributed by atoms with E-state index in [4.69, 9.17) is 9.47 Å². The van der Waals surface area contributed by atoms with E-state index in [0.29, 0.717) is 32.7 Å². The van der Waals surface area contributed by atoms with Crippen LogP contribution in [-0.4, -0.2) is 75.4 Å². The summed E-state index contributed by atoms with van der Waals surface area (Å²) >= 11 is 0. The van der Waals surface area contributed by atoms with Gasteiger partial charge in [-0.05, 0) is 12.8 Å². The molecule has 2 aliphatic heterocycles. The molecule has 120 valence electrons. The molecular formula is C14H25N3O4. The van der Waals surface area contributed by atoms with Crippen LogP contribution in [0.3, 0.4) is 0 Å². The second-order valence-electron chi connectivity index (χ2n) is 5.59. The number of morpholine rings is 1. The Balaban J connectivity index is 1.65. The number of hydrogen-bond donors (Lipinski definition) is 2. The number of methoxy groups -OCH3 is 1. The van der Waals surface area contributed by atoms with Crippen LogP contribution in [0.2, 0.25) is 0 Å². The number of rotatable bonds is 5. The van der Waals surface area contributed by atoms with Gasteiger partial charge in [0.25, 0.3) is 0 Å². The quantitative estimate of drug-likeness (QED) is 0.689. The molecule has 0 aromatic heterocycles. The average Bonchev–Trinajstić information content (AvgIpc) is 2.49. The molecule has 0 bridgehead atoms. The number of hydrogen-bond acceptors (Lipinski definition) is 5. The van der Waals surface area contributed by atoms with E-state index in [0.717, 1.165) is 19.4 Å². The molecule has 2 fully saturated rings. The maximum absolute atomic E-state index is 12.0. The Morgan fingerprint density at radius 3 is 2.76 bits per heavy atom. The van der Waals surface area contributed by atoms with Gasteiger partial charge in [-0.25, -0.2) is 0 Å². The van der Waals surface area contributed by atoms with E-state index in [1.165, 1.54) is 7.11 Å². The largest absolute Gasteiger partial charge is 0.378 e. The molecule has 7 heteroatoms. The van der Waals surface area contributed by atoms with Gasteiger partial charge in [-0.3, -0.25) is 9.59 Å². The Morgan fingerprint density at radius 2 is 2.14 bits per heavy atom. The monoisotopic (exact) mass is 299 g/mol. The number of nitrogens with zero attached hydrogens (tertiary/aromatic N) is 1. The third kappa shape index (κ3) is 5.26. The molecule has 0 saturated carbocycles. The lowest BCUT2D eigenvalue weighted by molar-refractivity contribution is -0.136. The van der Waals surface area contributed by atoms with Gasteiger partial charge >= 0.3 is 0 Å². The SMILES string of the molecule is COCC(=O)N1CCC(NC(=O)CC2COCCN2)CC1. The number of likely N-dealkylation sites (tertiary alicyclic amines) is 1. The fraction of sp³-hybridized carbons (Fsp3) is 0.857. The maximum Gasteiger partial charge on any atom is 0.248 e. The first-order valence-corrected chi connectivity index (χ1v) is 7.56. The minimum Gasteiger partial charge on any atom is -0.378 e. The topological polar surface area (TPSA) is 79.9 Å². The van der Waals surface area contributed by atoms with Gasteiger partial charge < -0.3 is 25.0 Å². The zero-order valence-electron chi connectivity index (χ0n) is 12.6. The van der Waals surface area contributed by atoms with Crippen LogP contribution < -0.4 is 10.6 Å². The van der Waals surface area contributed by atoms with Crippen molar-refractivity contribution in [3.8, 4) is 0 Å². The molecule has 1 unspecified atom stereocenters. The highest BCUT2D eigenvalue weighted by Crippen LogP contribution is 2.11. The highest BCUT2D eigenvalue weighted by Gasteiger charge is 2.24. The van der Waals surface area contributed by atoms with Crippen molar-refractivity contribution in [2.45, 2.75) is 31.3 Å². The zero-order chi connectivity index (χ0) is 15.1. The molecule has 2 amide bonds. The van der Waals surface area contributed by atoms with Crippen molar-refractivity contribution in [1.82, 2.24) is 15.5 Å². The van der Waals surface area contributed by atoms with Crippen molar-refractivity contribution in [3.63, 3.8) is 0 Å². The second kappa shape index (κ2) is 8.31. The van der Waals surface area contributed by atoms with Crippen molar-refractivity contribution in [2.24, 2.45) is 0 Å². The van der Waals surface area contributed by atoms with Crippen molar-refractivity contribution in [3.05, 3.63) is 0 Å². The molecule has 2 N–H and O–H groups in total. The highest BCUT2D eigenvalue weighted by atomic mass is 16.5. The number of ether oxygens (including phenoxy) is 2. The van der Waals surface area contributed by atoms with Crippen LogP contribution in [0.5, 0.6) is 0 Å². The minimum absolute atomic E-state index is 0.0193. The van der Waals surface area contributed by atoms with Crippen molar-refractivity contribution < 1.29 is 19.1 Å². The fourth-order valence-corrected chi connectivity index (χ4v) is 2.75. The summed E-state index contributed by atoms with van der Waals surface area (Å²) in [7, 11) is 1.52. The summed E-state index contributed by atoms with van der Waals surface area (Å²) in [6, 6.07) is 0.274. The summed E-state index contributed by atoms with van der Waals surface area (Å²) in [6.07, 6.45) is 2.05. The number of carbonyl (C=O) groups excluding carboxylic acids is 2. The fourth-order valence-electron chi connectivity index (χ4n) is 2.75. The van der Waals surface area contributed by atoms with Crippen molar-refractivity contribution >= 4 is 11.8 Å². The molecule has 2 heterocycles. The minimum atomic E-state index is 0.0193. The Labute approximate surface area is 125 Å². The zero-order valence-corrected chi connectivity index (χ0v) is 12.6. The van der Waals surface area contributed by atoms with Gasteiger partial charge in [0.15, 0.2) is 0 Å². The molecule has 2 rings (SSSR count). The summed E-state index contributed by atoms with van der Waals surface area (Å²) in [5.74, 6) is 0.0745. The number of carbonyl (C=O) groups is 2. The molecule has 0 aromatic carbocycles. The summed E-state index contributed by atoms with van der Waals surface area (Å²) in [6.45, 7) is 3.60. The van der Waals surface area contributed by atoms with Gasteiger partial charge in [0.2, 0.25) is 11.8 Å². The lowest BCUT2D eigenvalue weighted by Gasteiger charge is -2.32. The van der Waals surface area contributed by atoms with Crippen LogP contribution in [0, 0.1) is 0 Å².